The van der Waals surface area contributed by atoms with Crippen molar-refractivity contribution >= 4 is 39.7 Å². The highest BCUT2D eigenvalue weighted by Crippen LogP contribution is 2.17. The van der Waals surface area contributed by atoms with Crippen molar-refractivity contribution in [3.05, 3.63) is 52.2 Å². The van der Waals surface area contributed by atoms with Crippen molar-refractivity contribution in [1.82, 2.24) is 24.6 Å². The number of amides is 2. The third-order valence-electron chi connectivity index (χ3n) is 4.60. The quantitative estimate of drug-likeness (QED) is 0.475. The smallest absolute Gasteiger partial charge is 0.407 e. The third-order valence-corrected chi connectivity index (χ3v) is 5.62. The molecule has 2 N–H and O–H groups in total. The maximum Gasteiger partial charge on any atom is 0.407 e. The van der Waals surface area contributed by atoms with Crippen LogP contribution >= 0.6 is 11.3 Å². The standard InChI is InChI=1S/C23H28N6O5S/c1-6-29-16(11-14(2)27-29)19(30)26-21-28(10-8-7-9-24-22(33)34-23(3,4)5)18-17(35-21)12-15(13-25-18)20(31)32/h7-8,11-13H,6,9-10H2,1-5H3,(H,24,33)(H,31,32)/b8-7+,26-21?. The van der Waals surface area contributed by atoms with Gasteiger partial charge in [-0.05, 0) is 46.8 Å². The number of thiazole rings is 1. The zero-order chi connectivity index (χ0) is 25.8. The minimum Gasteiger partial charge on any atom is -0.478 e. The molecule has 3 aromatic rings. The van der Waals surface area contributed by atoms with E-state index in [-0.39, 0.29) is 12.1 Å². The number of alkyl carbamates (subject to hydrolysis) is 1. The van der Waals surface area contributed by atoms with Crippen molar-refractivity contribution in [2.75, 3.05) is 6.54 Å². The molecule has 0 aliphatic rings. The number of nitrogens with one attached hydrogen (secondary N) is 1. The molecule has 3 rings (SSSR count). The highest BCUT2D eigenvalue weighted by Gasteiger charge is 2.16. The van der Waals surface area contributed by atoms with Gasteiger partial charge in [0.2, 0.25) is 0 Å². The number of allylic oxidation sites excluding steroid dienone is 1. The van der Waals surface area contributed by atoms with Crippen molar-refractivity contribution < 1.29 is 24.2 Å². The van der Waals surface area contributed by atoms with Crippen molar-refractivity contribution in [2.45, 2.75) is 53.3 Å². The lowest BCUT2D eigenvalue weighted by Crippen LogP contribution is -2.32. The van der Waals surface area contributed by atoms with E-state index in [0.29, 0.717) is 39.6 Å². The van der Waals surface area contributed by atoms with Crippen LogP contribution in [-0.4, -0.2) is 54.6 Å². The summed E-state index contributed by atoms with van der Waals surface area (Å²) in [6, 6.07) is 3.18. The number of aryl methyl sites for hydroxylation is 2. The van der Waals surface area contributed by atoms with E-state index in [2.05, 4.69) is 20.4 Å². The summed E-state index contributed by atoms with van der Waals surface area (Å²) in [6.07, 6.45) is 4.28. The number of pyridine rings is 1. The predicted octanol–water partition coefficient (Wildman–Crippen LogP) is 3.14. The van der Waals surface area contributed by atoms with Crippen molar-refractivity contribution in [3.63, 3.8) is 0 Å². The van der Waals surface area contributed by atoms with Crippen molar-refractivity contribution in [2.24, 2.45) is 4.99 Å². The number of carbonyl (C=O) groups excluding carboxylic acids is 2. The average molecular weight is 501 g/mol. The lowest BCUT2D eigenvalue weighted by Gasteiger charge is -2.19. The Bertz CT molecular complexity index is 1360. The second kappa shape index (κ2) is 10.6. The summed E-state index contributed by atoms with van der Waals surface area (Å²) >= 11 is 1.17. The first-order valence-electron chi connectivity index (χ1n) is 11.0. The molecule has 0 atom stereocenters. The molecule has 0 aliphatic carbocycles. The van der Waals surface area contributed by atoms with Gasteiger partial charge in [0.05, 0.1) is 16.0 Å². The molecule has 0 aromatic carbocycles. The molecular weight excluding hydrogens is 472 g/mol. The number of hydrogen-bond donors (Lipinski definition) is 2. The number of nitrogens with zero attached hydrogens (tertiary/aromatic N) is 5. The first-order valence-corrected chi connectivity index (χ1v) is 11.8. The molecule has 11 nitrogen and oxygen atoms in total. The summed E-state index contributed by atoms with van der Waals surface area (Å²) in [5, 5.41) is 16.2. The lowest BCUT2D eigenvalue weighted by molar-refractivity contribution is 0.0533. The van der Waals surface area contributed by atoms with Gasteiger partial charge >= 0.3 is 12.1 Å². The van der Waals surface area contributed by atoms with E-state index in [1.165, 1.54) is 23.6 Å². The van der Waals surface area contributed by atoms with Gasteiger partial charge in [0.15, 0.2) is 10.4 Å². The molecule has 2 amide bonds. The van der Waals surface area contributed by atoms with Crippen LogP contribution in [0.15, 0.2) is 35.5 Å². The van der Waals surface area contributed by atoms with Crippen LogP contribution < -0.4 is 10.1 Å². The zero-order valence-electron chi connectivity index (χ0n) is 20.2. The molecule has 0 bridgehead atoms. The average Bonchev–Trinajstić information content (AvgIpc) is 3.31. The van der Waals surface area contributed by atoms with Crippen LogP contribution in [0.3, 0.4) is 0 Å². The molecule has 0 unspecified atom stereocenters. The second-order valence-corrected chi connectivity index (χ2v) is 9.61. The lowest BCUT2D eigenvalue weighted by atomic mass is 10.2. The molecular formula is C23H28N6O5S. The van der Waals surface area contributed by atoms with E-state index < -0.39 is 23.6 Å². The van der Waals surface area contributed by atoms with E-state index >= 15 is 0 Å². The van der Waals surface area contributed by atoms with Crippen molar-refractivity contribution in [1.29, 1.82) is 0 Å². The monoisotopic (exact) mass is 500 g/mol. The summed E-state index contributed by atoms with van der Waals surface area (Å²) in [5.74, 6) is -1.55. The van der Waals surface area contributed by atoms with Crippen LogP contribution in [0.1, 0.15) is 54.2 Å². The molecule has 0 saturated heterocycles. The minimum absolute atomic E-state index is 0.0422. The van der Waals surface area contributed by atoms with Crippen LogP contribution in [-0.2, 0) is 17.8 Å². The fraction of sp³-hybridized carbons (Fsp3) is 0.391. The van der Waals surface area contributed by atoms with Crippen LogP contribution in [0.4, 0.5) is 4.79 Å². The number of carboxylic acid groups (broad SMARTS) is 1. The molecule has 0 aliphatic heterocycles. The first kappa shape index (κ1) is 25.8. The number of carboxylic acids is 1. The molecule has 3 aromatic heterocycles. The summed E-state index contributed by atoms with van der Waals surface area (Å²) < 4.78 is 9.08. The van der Waals surface area contributed by atoms with Gasteiger partial charge in [-0.2, -0.15) is 10.1 Å². The fourth-order valence-electron chi connectivity index (χ4n) is 3.15. The number of hydrogen-bond acceptors (Lipinski definition) is 7. The Hall–Kier alpha value is -3.80. The van der Waals surface area contributed by atoms with E-state index in [9.17, 15) is 19.5 Å². The van der Waals surface area contributed by atoms with Gasteiger partial charge < -0.3 is 15.2 Å². The van der Waals surface area contributed by atoms with Gasteiger partial charge in [-0.15, -0.1) is 0 Å². The third kappa shape index (κ3) is 6.63. The summed E-state index contributed by atoms with van der Waals surface area (Å²) in [5.41, 5.74) is 1.03. The Kier molecular flexibility index (Phi) is 7.85. The van der Waals surface area contributed by atoms with Gasteiger partial charge in [-0.3, -0.25) is 14.0 Å². The zero-order valence-corrected chi connectivity index (χ0v) is 21.0. The van der Waals surface area contributed by atoms with E-state index in [0.717, 1.165) is 0 Å². The van der Waals surface area contributed by atoms with Crippen molar-refractivity contribution in [3.8, 4) is 0 Å². The van der Waals surface area contributed by atoms with Crippen LogP contribution in [0.2, 0.25) is 0 Å². The summed E-state index contributed by atoms with van der Waals surface area (Å²) in [6.45, 7) is 10.1. The molecule has 12 heteroatoms. The highest BCUT2D eigenvalue weighted by molar-refractivity contribution is 7.16. The fourth-order valence-corrected chi connectivity index (χ4v) is 4.18. The van der Waals surface area contributed by atoms with Gasteiger partial charge in [0.1, 0.15) is 11.3 Å². The number of ether oxygens (including phenoxy) is 1. The second-order valence-electron chi connectivity index (χ2n) is 8.60. The van der Waals surface area contributed by atoms with E-state index in [4.69, 9.17) is 4.74 Å². The van der Waals surface area contributed by atoms with Gasteiger partial charge in [0.25, 0.3) is 5.91 Å². The Morgan fingerprint density at radius 1 is 1.26 bits per heavy atom. The maximum absolute atomic E-state index is 12.9. The van der Waals surface area contributed by atoms with Gasteiger partial charge in [-0.1, -0.05) is 23.5 Å². The predicted molar refractivity (Wildman–Crippen MR) is 130 cm³/mol. The molecule has 35 heavy (non-hydrogen) atoms. The molecule has 3 heterocycles. The van der Waals surface area contributed by atoms with Gasteiger partial charge in [0, 0.05) is 25.8 Å². The number of carbonyl (C=O) groups is 3. The SMILES string of the molecule is CCn1nc(C)cc1C(=O)N=c1sc2cc(C(=O)O)cnc2n1C/C=C/CNC(=O)OC(C)(C)C. The topological polar surface area (TPSA) is 141 Å². The summed E-state index contributed by atoms with van der Waals surface area (Å²) in [4.78, 5) is 45.1. The van der Waals surface area contributed by atoms with Crippen LogP contribution in [0.5, 0.6) is 0 Å². The van der Waals surface area contributed by atoms with Crippen LogP contribution in [0.25, 0.3) is 10.3 Å². The maximum atomic E-state index is 12.9. The number of aromatic carboxylic acids is 1. The largest absolute Gasteiger partial charge is 0.478 e. The molecule has 0 radical (unpaired) electrons. The number of fused-ring (bicyclic) bond motifs is 1. The van der Waals surface area contributed by atoms with E-state index in [1.54, 1.807) is 55.2 Å². The number of aromatic nitrogens is 4. The Morgan fingerprint density at radius 3 is 2.66 bits per heavy atom. The Labute approximate surface area is 205 Å². The normalized spacial score (nSPS) is 12.4. The highest BCUT2D eigenvalue weighted by atomic mass is 32.1. The van der Waals surface area contributed by atoms with Gasteiger partial charge in [-0.25, -0.2) is 14.6 Å². The van der Waals surface area contributed by atoms with E-state index in [1.807, 2.05) is 6.92 Å². The summed E-state index contributed by atoms with van der Waals surface area (Å²) in [7, 11) is 0. The molecule has 0 spiro atoms. The number of rotatable bonds is 7. The Balaban J connectivity index is 1.91. The molecule has 0 saturated carbocycles. The minimum atomic E-state index is -1.09. The molecule has 186 valence electrons. The van der Waals surface area contributed by atoms with Crippen LogP contribution in [0, 0.1) is 6.92 Å². The Morgan fingerprint density at radius 2 is 2.00 bits per heavy atom. The molecule has 0 fully saturated rings. The first-order chi connectivity index (χ1) is 16.5.